The van der Waals surface area contributed by atoms with Crippen LogP contribution in [-0.4, -0.2) is 16.9 Å². The number of thiocarbonyl (C=S) groups is 1. The lowest BCUT2D eigenvalue weighted by molar-refractivity contribution is -0.120. The number of amides is 2. The van der Waals surface area contributed by atoms with E-state index in [1.54, 1.807) is 6.08 Å². The van der Waals surface area contributed by atoms with Gasteiger partial charge in [-0.15, -0.1) is 0 Å². The predicted octanol–water partition coefficient (Wildman–Crippen LogP) is 7.41. The standard InChI is InChI=1S/C32H25BrN2O2S/c1-21-15-22(2)17-23(16-21)18-24-13-14-26(33)19-25(24)20-29-30(36)34(27-9-5-3-6-10-27)32(38)35(31(29)37)28-11-7-4-8-12-28/h3-17,19-20H,18H2,1-2H3. The molecule has 5 rings (SSSR count). The van der Waals surface area contributed by atoms with Crippen LogP contribution in [0.3, 0.4) is 0 Å². The Morgan fingerprint density at radius 3 is 1.79 bits per heavy atom. The van der Waals surface area contributed by atoms with Gasteiger partial charge in [0.15, 0.2) is 5.11 Å². The number of carbonyl (C=O) groups is 2. The van der Waals surface area contributed by atoms with Gasteiger partial charge in [-0.2, -0.15) is 0 Å². The molecule has 0 N–H and O–H groups in total. The Kier molecular flexibility index (Phi) is 7.36. The molecule has 0 aliphatic carbocycles. The molecule has 38 heavy (non-hydrogen) atoms. The Morgan fingerprint density at radius 2 is 1.26 bits per heavy atom. The minimum absolute atomic E-state index is 0.0473. The predicted molar refractivity (Wildman–Crippen MR) is 161 cm³/mol. The van der Waals surface area contributed by atoms with Crippen LogP contribution in [0.15, 0.2) is 107 Å². The van der Waals surface area contributed by atoms with E-state index in [9.17, 15) is 9.59 Å². The van der Waals surface area contributed by atoms with Crippen molar-refractivity contribution in [2.45, 2.75) is 20.3 Å². The Balaban J connectivity index is 1.64. The molecule has 0 saturated carbocycles. The van der Waals surface area contributed by atoms with Crippen molar-refractivity contribution in [3.8, 4) is 0 Å². The van der Waals surface area contributed by atoms with E-state index in [0.29, 0.717) is 17.8 Å². The first-order valence-electron chi connectivity index (χ1n) is 12.2. The molecule has 6 heteroatoms. The van der Waals surface area contributed by atoms with E-state index >= 15 is 0 Å². The van der Waals surface area contributed by atoms with Gasteiger partial charge in [-0.25, -0.2) is 0 Å². The van der Waals surface area contributed by atoms with E-state index in [-0.39, 0.29) is 10.7 Å². The summed E-state index contributed by atoms with van der Waals surface area (Å²) in [5, 5.41) is 0.124. The fourth-order valence-electron chi connectivity index (χ4n) is 4.75. The van der Waals surface area contributed by atoms with Crippen LogP contribution in [0.5, 0.6) is 0 Å². The number of halogens is 1. The van der Waals surface area contributed by atoms with Gasteiger partial charge in [0.1, 0.15) is 5.57 Å². The van der Waals surface area contributed by atoms with Crippen LogP contribution in [0.4, 0.5) is 11.4 Å². The van der Waals surface area contributed by atoms with Crippen LogP contribution >= 0.6 is 28.1 Å². The van der Waals surface area contributed by atoms with Gasteiger partial charge in [0.2, 0.25) is 0 Å². The molecule has 0 bridgehead atoms. The number of aryl methyl sites for hydroxylation is 2. The number of rotatable bonds is 5. The quantitative estimate of drug-likeness (QED) is 0.140. The zero-order valence-corrected chi connectivity index (χ0v) is 23.4. The van der Waals surface area contributed by atoms with Crippen LogP contribution in [0.1, 0.15) is 27.8 Å². The van der Waals surface area contributed by atoms with Crippen molar-refractivity contribution in [2.24, 2.45) is 0 Å². The van der Waals surface area contributed by atoms with E-state index in [2.05, 4.69) is 48.0 Å². The Hall–Kier alpha value is -3.87. The summed E-state index contributed by atoms with van der Waals surface area (Å²) in [4.78, 5) is 30.6. The summed E-state index contributed by atoms with van der Waals surface area (Å²) in [6, 6.07) is 30.8. The highest BCUT2D eigenvalue weighted by molar-refractivity contribution is 9.10. The molecule has 0 radical (unpaired) electrons. The second-order valence-corrected chi connectivity index (χ2v) is 10.6. The van der Waals surface area contributed by atoms with Crippen LogP contribution in [0, 0.1) is 13.8 Å². The molecule has 4 nitrogen and oxygen atoms in total. The summed E-state index contributed by atoms with van der Waals surface area (Å²) in [5.41, 5.74) is 6.62. The first kappa shape index (κ1) is 25.8. The van der Waals surface area contributed by atoms with Crippen LogP contribution in [0.2, 0.25) is 0 Å². The molecule has 1 aliphatic heterocycles. The summed E-state index contributed by atoms with van der Waals surface area (Å²) >= 11 is 9.28. The molecule has 1 saturated heterocycles. The average Bonchev–Trinajstić information content (AvgIpc) is 2.89. The SMILES string of the molecule is Cc1cc(C)cc(Cc2ccc(Br)cc2C=C2C(=O)N(c3ccccc3)C(=S)N(c3ccccc3)C2=O)c1. The molecule has 2 amide bonds. The summed E-state index contributed by atoms with van der Waals surface area (Å²) in [6.07, 6.45) is 2.36. The first-order chi connectivity index (χ1) is 18.3. The highest BCUT2D eigenvalue weighted by Gasteiger charge is 2.41. The van der Waals surface area contributed by atoms with Crippen molar-refractivity contribution >= 4 is 62.5 Å². The van der Waals surface area contributed by atoms with Gasteiger partial charge in [-0.05, 0) is 91.7 Å². The minimum atomic E-state index is -0.448. The number of anilines is 2. The number of para-hydroxylation sites is 2. The number of nitrogens with zero attached hydrogens (tertiary/aromatic N) is 2. The molecule has 4 aromatic carbocycles. The highest BCUT2D eigenvalue weighted by atomic mass is 79.9. The highest BCUT2D eigenvalue weighted by Crippen LogP contribution is 2.31. The molecule has 4 aromatic rings. The molecule has 1 fully saturated rings. The van der Waals surface area contributed by atoms with Gasteiger partial charge in [0.25, 0.3) is 11.8 Å². The Morgan fingerprint density at radius 1 is 0.737 bits per heavy atom. The maximum atomic E-state index is 13.9. The maximum Gasteiger partial charge on any atom is 0.270 e. The Bertz CT molecular complexity index is 1500. The minimum Gasteiger partial charge on any atom is -0.268 e. The van der Waals surface area contributed by atoms with Crippen LogP contribution in [-0.2, 0) is 16.0 Å². The van der Waals surface area contributed by atoms with E-state index in [1.165, 1.54) is 26.5 Å². The topological polar surface area (TPSA) is 40.6 Å². The van der Waals surface area contributed by atoms with E-state index in [4.69, 9.17) is 12.2 Å². The molecule has 0 spiro atoms. The lowest BCUT2D eigenvalue weighted by Gasteiger charge is -2.36. The van der Waals surface area contributed by atoms with Gasteiger partial charge in [0.05, 0.1) is 11.4 Å². The van der Waals surface area contributed by atoms with E-state index in [0.717, 1.165) is 15.6 Å². The summed E-state index contributed by atoms with van der Waals surface area (Å²) in [5.74, 6) is -0.897. The van der Waals surface area contributed by atoms with Crippen LogP contribution in [0.25, 0.3) is 6.08 Å². The number of hydrogen-bond acceptors (Lipinski definition) is 3. The second-order valence-electron chi connectivity index (χ2n) is 9.31. The van der Waals surface area contributed by atoms with Crippen LogP contribution < -0.4 is 9.80 Å². The summed E-state index contributed by atoms with van der Waals surface area (Å²) in [6.45, 7) is 4.17. The van der Waals surface area contributed by atoms with Crippen molar-refractivity contribution in [1.29, 1.82) is 0 Å². The molecule has 0 atom stereocenters. The van der Waals surface area contributed by atoms with Crippen molar-refractivity contribution in [3.63, 3.8) is 0 Å². The van der Waals surface area contributed by atoms with E-state index in [1.807, 2.05) is 78.9 Å². The smallest absolute Gasteiger partial charge is 0.268 e. The zero-order chi connectivity index (χ0) is 26.8. The molecule has 0 unspecified atom stereocenters. The third-order valence-electron chi connectivity index (χ3n) is 6.36. The van der Waals surface area contributed by atoms with Gasteiger partial charge >= 0.3 is 0 Å². The molecule has 1 heterocycles. The molecular formula is C32H25BrN2O2S. The normalized spacial score (nSPS) is 13.8. The fourth-order valence-corrected chi connectivity index (χ4v) is 5.50. The Labute approximate surface area is 236 Å². The van der Waals surface area contributed by atoms with Gasteiger partial charge in [-0.1, -0.05) is 87.7 Å². The van der Waals surface area contributed by atoms with Gasteiger partial charge in [0, 0.05) is 4.47 Å². The maximum absolute atomic E-state index is 13.9. The zero-order valence-electron chi connectivity index (χ0n) is 21.0. The third-order valence-corrected chi connectivity index (χ3v) is 7.22. The number of benzene rings is 4. The van der Waals surface area contributed by atoms with Gasteiger partial charge < -0.3 is 0 Å². The third kappa shape index (κ3) is 5.23. The fraction of sp³-hybridized carbons (Fsp3) is 0.0938. The first-order valence-corrected chi connectivity index (χ1v) is 13.4. The van der Waals surface area contributed by atoms with Crippen molar-refractivity contribution < 1.29 is 9.59 Å². The molecular weight excluding hydrogens is 556 g/mol. The lowest BCUT2D eigenvalue weighted by atomic mass is 9.95. The largest absolute Gasteiger partial charge is 0.270 e. The second kappa shape index (κ2) is 10.9. The average molecular weight is 582 g/mol. The summed E-state index contributed by atoms with van der Waals surface area (Å²) in [7, 11) is 0. The van der Waals surface area contributed by atoms with Crippen molar-refractivity contribution in [1.82, 2.24) is 0 Å². The van der Waals surface area contributed by atoms with Gasteiger partial charge in [-0.3, -0.25) is 19.4 Å². The summed E-state index contributed by atoms with van der Waals surface area (Å²) < 4.78 is 0.861. The van der Waals surface area contributed by atoms with E-state index < -0.39 is 11.8 Å². The molecule has 0 aromatic heterocycles. The lowest BCUT2D eigenvalue weighted by Crippen LogP contribution is -2.56. The molecule has 1 aliphatic rings. The molecule has 188 valence electrons. The van der Waals surface area contributed by atoms with Crippen molar-refractivity contribution in [3.05, 3.63) is 135 Å². The number of hydrogen-bond donors (Lipinski definition) is 0. The number of carbonyl (C=O) groups excluding carboxylic acids is 2. The monoisotopic (exact) mass is 580 g/mol. The van der Waals surface area contributed by atoms with Crippen molar-refractivity contribution in [2.75, 3.05) is 9.80 Å².